The van der Waals surface area contributed by atoms with Crippen LogP contribution in [0.3, 0.4) is 0 Å². The van der Waals surface area contributed by atoms with Gasteiger partial charge in [0.1, 0.15) is 46.3 Å². The second-order valence-electron chi connectivity index (χ2n) is 23.7. The number of fused-ring (bicyclic) bond motifs is 5. The summed E-state index contributed by atoms with van der Waals surface area (Å²) < 4.78 is 51.4. The molecule has 9 rings (SSSR count). The van der Waals surface area contributed by atoms with E-state index in [-0.39, 0.29) is 79.4 Å². The number of urea groups is 1. The molecule has 1 fully saturated rings. The molecule has 3 N–H and O–H groups in total. The van der Waals surface area contributed by atoms with Crippen LogP contribution < -0.4 is 20.5 Å². The van der Waals surface area contributed by atoms with Crippen LogP contribution in [-0.2, 0) is 53.3 Å². The van der Waals surface area contributed by atoms with Crippen molar-refractivity contribution >= 4 is 52.7 Å². The zero-order valence-corrected chi connectivity index (χ0v) is 54.0. The van der Waals surface area contributed by atoms with E-state index in [9.17, 15) is 19.2 Å². The van der Waals surface area contributed by atoms with Crippen LogP contribution in [0.2, 0.25) is 10.0 Å². The minimum atomic E-state index is -1.03. The first-order valence-corrected chi connectivity index (χ1v) is 31.2. The van der Waals surface area contributed by atoms with Gasteiger partial charge in [-0.3, -0.25) is 29.1 Å². The molecule has 23 heteroatoms. The van der Waals surface area contributed by atoms with E-state index in [2.05, 4.69) is 68.0 Å². The summed E-state index contributed by atoms with van der Waals surface area (Å²) in [5.74, 6) is 0.290. The van der Waals surface area contributed by atoms with Gasteiger partial charge in [0.15, 0.2) is 11.6 Å². The average molecular weight is 1270 g/mol. The minimum Gasteiger partial charge on any atom is -0.493 e. The Labute approximate surface area is 535 Å². The fourth-order valence-electron chi connectivity index (χ4n) is 11.5. The largest absolute Gasteiger partial charge is 0.493 e. The van der Waals surface area contributed by atoms with Gasteiger partial charge in [0, 0.05) is 91.2 Å². The SMILES string of the molecule is CCOc1cc(C(C)(C)C)ccc1C1=N[C@](C)(c2ccc(Cl)cc2)[C@](C)(c2ccc(Cl)cc2)N1C(=O)N1CCN(CCOCCOCCOCCOCCC(=O)NCCn2nc3c(c2C#N)-c2cnc(N)c(c2)O[C@H](C)c2cc(F)ccc2C(=O)N(C)C3)CC1. The standard InChI is InChI=1S/C67H80Cl2FN11O9/c1-9-89-57-39-48(65(3,4)5)14-20-53(57)62-75-66(6,46-10-15-49(68)16-11-46)67(7,47-12-17-50(69)18-13-47)81(62)64(84)79-27-25-78(26-28-79)29-31-86-33-35-88-37-36-87-34-32-85-30-22-59(82)73-23-24-80-56(41-71)60-45-38-58(61(72)74-42-45)90-44(2)54-40-51(70)19-21-52(54)63(83)77(8)43-55(60)76-80/h10-21,38-40,42,44H,9,22-37,43H2,1-8H3,(H2,72,74)(H,73,82)/t44-,66-,67+/m1/s1. The molecule has 5 heterocycles. The van der Waals surface area contributed by atoms with E-state index in [1.165, 1.54) is 34.0 Å². The number of amides is 4. The molecule has 1 saturated heterocycles. The number of carbonyl (C=O) groups is 3. The third-order valence-electron chi connectivity index (χ3n) is 16.8. The number of anilines is 1. The first-order chi connectivity index (χ1) is 43.1. The molecule has 4 amide bonds. The molecule has 20 nitrogen and oxygen atoms in total. The Morgan fingerprint density at radius 3 is 2.09 bits per heavy atom. The highest BCUT2D eigenvalue weighted by atomic mass is 35.5. The molecule has 3 atom stereocenters. The highest BCUT2D eigenvalue weighted by molar-refractivity contribution is 6.30. The van der Waals surface area contributed by atoms with Crippen molar-refractivity contribution in [2.24, 2.45) is 4.99 Å². The molecule has 90 heavy (non-hydrogen) atoms. The van der Waals surface area contributed by atoms with E-state index < -0.39 is 28.9 Å². The second-order valence-corrected chi connectivity index (χ2v) is 24.6. The van der Waals surface area contributed by atoms with Crippen molar-refractivity contribution in [2.75, 3.05) is 112 Å². The summed E-state index contributed by atoms with van der Waals surface area (Å²) in [6.07, 6.45) is 0.839. The quantitative estimate of drug-likeness (QED) is 0.0570. The topological polar surface area (TPSA) is 224 Å². The van der Waals surface area contributed by atoms with Gasteiger partial charge in [-0.25, -0.2) is 14.2 Å². The van der Waals surface area contributed by atoms with Gasteiger partial charge in [0.2, 0.25) is 5.91 Å². The normalized spacial score (nSPS) is 18.6. The molecular formula is C67H80Cl2FN11O9. The first-order valence-electron chi connectivity index (χ1n) is 30.4. The average Bonchev–Trinajstić information content (AvgIpc) is 1.53. The summed E-state index contributed by atoms with van der Waals surface area (Å²) in [5.41, 5.74) is 9.76. The van der Waals surface area contributed by atoms with Crippen LogP contribution in [0.4, 0.5) is 15.0 Å². The van der Waals surface area contributed by atoms with Gasteiger partial charge in [-0.05, 0) is 110 Å². The zero-order chi connectivity index (χ0) is 64.3. The van der Waals surface area contributed by atoms with Gasteiger partial charge < -0.3 is 49.3 Å². The monoisotopic (exact) mass is 1270 g/mol. The van der Waals surface area contributed by atoms with Crippen molar-refractivity contribution in [2.45, 2.75) is 90.6 Å². The Balaban J connectivity index is 0.683. The van der Waals surface area contributed by atoms with Gasteiger partial charge in [-0.1, -0.05) is 74.3 Å². The van der Waals surface area contributed by atoms with Crippen molar-refractivity contribution in [1.29, 1.82) is 5.26 Å². The number of pyridine rings is 1. The summed E-state index contributed by atoms with van der Waals surface area (Å²) in [4.78, 5) is 59.5. The van der Waals surface area contributed by atoms with E-state index in [1.54, 1.807) is 20.0 Å². The molecule has 2 aromatic heterocycles. The number of benzene rings is 4. The predicted molar refractivity (Wildman–Crippen MR) is 342 cm³/mol. The number of amidine groups is 1. The number of carbonyl (C=O) groups excluding carboxylic acids is 3. The molecule has 478 valence electrons. The number of nitriles is 1. The number of nitrogens with two attached hydrogens (primary N) is 1. The lowest BCUT2D eigenvalue weighted by atomic mass is 9.71. The lowest BCUT2D eigenvalue weighted by Crippen LogP contribution is -2.60. The maximum Gasteiger partial charge on any atom is 0.326 e. The first kappa shape index (κ1) is 66.7. The lowest BCUT2D eigenvalue weighted by molar-refractivity contribution is -0.122. The summed E-state index contributed by atoms with van der Waals surface area (Å²) in [5, 5.41) is 19.2. The highest BCUT2D eigenvalue weighted by Crippen LogP contribution is 2.54. The number of ether oxygens (including phenoxy) is 6. The predicted octanol–water partition coefficient (Wildman–Crippen LogP) is 10.2. The molecule has 3 aliphatic heterocycles. The smallest absolute Gasteiger partial charge is 0.326 e. The molecule has 6 aromatic rings. The zero-order valence-electron chi connectivity index (χ0n) is 52.5. The van der Waals surface area contributed by atoms with Gasteiger partial charge in [-0.2, -0.15) is 10.4 Å². The number of nitrogen functional groups attached to an aromatic ring is 1. The third kappa shape index (κ3) is 15.0. The number of aromatic nitrogens is 3. The van der Waals surface area contributed by atoms with Gasteiger partial charge in [0.25, 0.3) is 5.91 Å². The second kappa shape index (κ2) is 29.5. The number of hydrogen-bond donors (Lipinski definition) is 2. The summed E-state index contributed by atoms with van der Waals surface area (Å²) in [7, 11) is 1.60. The van der Waals surface area contributed by atoms with Crippen molar-refractivity contribution in [3.8, 4) is 28.7 Å². The molecule has 0 spiro atoms. The summed E-state index contributed by atoms with van der Waals surface area (Å²) in [6.45, 7) is 20.9. The fraction of sp³-hybridized carbons (Fsp3) is 0.448. The number of piperazine rings is 1. The van der Waals surface area contributed by atoms with Crippen LogP contribution in [0.15, 0.2) is 102 Å². The van der Waals surface area contributed by atoms with E-state index in [0.717, 1.165) is 22.3 Å². The Kier molecular flexibility index (Phi) is 21.9. The third-order valence-corrected chi connectivity index (χ3v) is 17.3. The van der Waals surface area contributed by atoms with E-state index in [4.69, 9.17) is 67.4 Å². The van der Waals surface area contributed by atoms with E-state index >= 15 is 4.79 Å². The summed E-state index contributed by atoms with van der Waals surface area (Å²) >= 11 is 13.0. The molecule has 0 saturated carbocycles. The van der Waals surface area contributed by atoms with Crippen LogP contribution in [0.5, 0.6) is 11.5 Å². The molecular weight excluding hydrogens is 1190 g/mol. The Bertz CT molecular complexity index is 3590. The van der Waals surface area contributed by atoms with E-state index in [1.807, 2.05) is 71.3 Å². The number of hydrogen-bond acceptors (Lipinski definition) is 15. The number of nitrogens with one attached hydrogen (secondary N) is 1. The Morgan fingerprint density at radius 1 is 0.833 bits per heavy atom. The Morgan fingerprint density at radius 2 is 1.46 bits per heavy atom. The molecule has 0 unspecified atom stereocenters. The number of nitrogens with zero attached hydrogens (tertiary/aromatic N) is 9. The van der Waals surface area contributed by atoms with Crippen LogP contribution in [-0.4, -0.2) is 164 Å². The molecule has 2 bridgehead atoms. The maximum absolute atomic E-state index is 15.5. The van der Waals surface area contributed by atoms with Crippen molar-refractivity contribution in [3.05, 3.63) is 158 Å². The van der Waals surface area contributed by atoms with Crippen LogP contribution >= 0.6 is 23.2 Å². The van der Waals surface area contributed by atoms with E-state index in [0.29, 0.717) is 123 Å². The van der Waals surface area contributed by atoms with Gasteiger partial charge >= 0.3 is 6.03 Å². The molecule has 3 aliphatic rings. The Hall–Kier alpha value is -7.68. The minimum absolute atomic E-state index is 0.0124. The van der Waals surface area contributed by atoms with Crippen molar-refractivity contribution in [3.63, 3.8) is 0 Å². The van der Waals surface area contributed by atoms with Crippen LogP contribution in [0.25, 0.3) is 11.1 Å². The van der Waals surface area contributed by atoms with Crippen LogP contribution in [0.1, 0.15) is 111 Å². The lowest BCUT2D eigenvalue weighted by Gasteiger charge is -2.47. The molecule has 0 aliphatic carbocycles. The fourth-order valence-corrected chi connectivity index (χ4v) is 11.8. The molecule has 0 radical (unpaired) electrons. The number of aliphatic imine (C=N–C) groups is 1. The highest BCUT2D eigenvalue weighted by Gasteiger charge is 2.60. The van der Waals surface area contributed by atoms with Crippen molar-refractivity contribution in [1.82, 2.24) is 39.7 Å². The van der Waals surface area contributed by atoms with Gasteiger partial charge in [0.05, 0.1) is 83.8 Å². The van der Waals surface area contributed by atoms with Crippen molar-refractivity contribution < 1.29 is 47.2 Å². The van der Waals surface area contributed by atoms with Gasteiger partial charge in [-0.15, -0.1) is 0 Å². The number of rotatable bonds is 23. The maximum atomic E-state index is 15.5. The summed E-state index contributed by atoms with van der Waals surface area (Å²) in [6, 6.07) is 29.2. The van der Waals surface area contributed by atoms with Crippen LogP contribution in [0, 0.1) is 17.1 Å². The number of halogens is 3. The molecule has 4 aromatic carbocycles.